The Balaban J connectivity index is 2.31. The summed E-state index contributed by atoms with van der Waals surface area (Å²) in [6, 6.07) is 7.97. The number of carbonyl (C=O) groups excluding carboxylic acids is 1. The second kappa shape index (κ2) is 5.78. The summed E-state index contributed by atoms with van der Waals surface area (Å²) in [5.74, 6) is -0.273. The van der Waals surface area contributed by atoms with Crippen molar-refractivity contribution in [3.8, 4) is 0 Å². The lowest BCUT2D eigenvalue weighted by molar-refractivity contribution is -0.117. The minimum absolute atomic E-state index is 0.273. The summed E-state index contributed by atoms with van der Waals surface area (Å²) in [7, 11) is 0. The monoisotopic (exact) mass is 256 g/mol. The lowest BCUT2D eigenvalue weighted by Gasteiger charge is -2.05. The van der Waals surface area contributed by atoms with Gasteiger partial charge in [-0.1, -0.05) is 34.1 Å². The number of nitrogens with two attached hydrogens (primary N) is 1. The van der Waals surface area contributed by atoms with Crippen LogP contribution in [0.15, 0.2) is 28.7 Å². The van der Waals surface area contributed by atoms with Gasteiger partial charge < -0.3 is 11.1 Å². The van der Waals surface area contributed by atoms with Gasteiger partial charge in [0.15, 0.2) is 0 Å². The Labute approximate surface area is 91.8 Å². The van der Waals surface area contributed by atoms with E-state index in [2.05, 4.69) is 21.2 Å². The Morgan fingerprint density at radius 1 is 1.43 bits per heavy atom. The maximum absolute atomic E-state index is 10.5. The molecular formula is C10H13BrN2O. The molecule has 3 N–H and O–H groups in total. The molecule has 14 heavy (non-hydrogen) atoms. The van der Waals surface area contributed by atoms with Crippen molar-refractivity contribution in [1.82, 2.24) is 5.32 Å². The van der Waals surface area contributed by atoms with Gasteiger partial charge in [0.25, 0.3) is 0 Å². The number of hydrogen-bond acceptors (Lipinski definition) is 2. The molecule has 0 heterocycles. The van der Waals surface area contributed by atoms with E-state index in [1.807, 2.05) is 24.3 Å². The van der Waals surface area contributed by atoms with Crippen molar-refractivity contribution in [3.05, 3.63) is 34.3 Å². The van der Waals surface area contributed by atoms with Crippen LogP contribution in [0.25, 0.3) is 0 Å². The van der Waals surface area contributed by atoms with Crippen LogP contribution in [-0.2, 0) is 11.3 Å². The normalized spacial score (nSPS) is 10.1. The third-order valence-electron chi connectivity index (χ3n) is 1.82. The highest BCUT2D eigenvalue weighted by atomic mass is 79.9. The van der Waals surface area contributed by atoms with Gasteiger partial charge in [-0.2, -0.15) is 0 Å². The van der Waals surface area contributed by atoms with Crippen LogP contribution >= 0.6 is 15.9 Å². The standard InChI is InChI=1S/C10H13BrN2O/c11-9-4-2-1-3-8(9)7-13-6-5-10(12)14/h1-4,13H,5-7H2,(H2,12,14). The number of carbonyl (C=O) groups is 1. The van der Waals surface area contributed by atoms with Gasteiger partial charge in [0.2, 0.25) is 5.91 Å². The molecule has 0 spiro atoms. The zero-order valence-electron chi connectivity index (χ0n) is 7.79. The SMILES string of the molecule is NC(=O)CCNCc1ccccc1Br. The predicted molar refractivity (Wildman–Crippen MR) is 59.7 cm³/mol. The second-order valence-corrected chi connectivity index (χ2v) is 3.84. The molecule has 0 unspecified atom stereocenters. The number of primary amides is 1. The second-order valence-electron chi connectivity index (χ2n) is 2.98. The maximum atomic E-state index is 10.5. The molecule has 0 aliphatic carbocycles. The first-order chi connectivity index (χ1) is 6.70. The Morgan fingerprint density at radius 3 is 2.79 bits per heavy atom. The molecule has 0 aliphatic rings. The van der Waals surface area contributed by atoms with Crippen LogP contribution in [0.1, 0.15) is 12.0 Å². The lowest BCUT2D eigenvalue weighted by atomic mass is 10.2. The number of nitrogens with one attached hydrogen (secondary N) is 1. The zero-order chi connectivity index (χ0) is 10.4. The Morgan fingerprint density at radius 2 is 2.14 bits per heavy atom. The highest BCUT2D eigenvalue weighted by Crippen LogP contribution is 2.14. The van der Waals surface area contributed by atoms with Crippen LogP contribution in [-0.4, -0.2) is 12.5 Å². The summed E-state index contributed by atoms with van der Waals surface area (Å²) in [6.45, 7) is 1.37. The number of hydrogen-bond donors (Lipinski definition) is 2. The fourth-order valence-corrected chi connectivity index (χ4v) is 1.50. The maximum Gasteiger partial charge on any atom is 0.218 e. The summed E-state index contributed by atoms with van der Waals surface area (Å²) >= 11 is 3.45. The molecule has 1 rings (SSSR count). The molecule has 0 fully saturated rings. The van der Waals surface area contributed by atoms with Crippen molar-refractivity contribution in [2.24, 2.45) is 5.73 Å². The average molecular weight is 257 g/mol. The Bertz CT molecular complexity index is 315. The summed E-state index contributed by atoms with van der Waals surface area (Å²) in [4.78, 5) is 10.5. The minimum atomic E-state index is -0.273. The van der Waals surface area contributed by atoms with Crippen molar-refractivity contribution in [2.45, 2.75) is 13.0 Å². The Kier molecular flexibility index (Phi) is 4.62. The van der Waals surface area contributed by atoms with E-state index in [9.17, 15) is 4.79 Å². The quantitative estimate of drug-likeness (QED) is 0.784. The molecule has 0 saturated carbocycles. The van der Waals surface area contributed by atoms with Crippen LogP contribution in [0.5, 0.6) is 0 Å². The molecule has 0 aliphatic heterocycles. The molecule has 1 aromatic rings. The fraction of sp³-hybridized carbons (Fsp3) is 0.300. The molecule has 0 radical (unpaired) electrons. The minimum Gasteiger partial charge on any atom is -0.370 e. The summed E-state index contributed by atoms with van der Waals surface area (Å²) < 4.78 is 1.08. The van der Waals surface area contributed by atoms with E-state index in [-0.39, 0.29) is 5.91 Å². The first-order valence-corrected chi connectivity index (χ1v) is 5.22. The first kappa shape index (κ1) is 11.2. The molecular weight excluding hydrogens is 244 g/mol. The topological polar surface area (TPSA) is 55.1 Å². The van der Waals surface area contributed by atoms with Crippen LogP contribution in [0.2, 0.25) is 0 Å². The van der Waals surface area contributed by atoms with Gasteiger partial charge in [-0.05, 0) is 11.6 Å². The zero-order valence-corrected chi connectivity index (χ0v) is 9.38. The number of amides is 1. The van der Waals surface area contributed by atoms with Gasteiger partial charge in [-0.25, -0.2) is 0 Å². The van der Waals surface area contributed by atoms with Gasteiger partial charge in [-0.3, -0.25) is 4.79 Å². The van der Waals surface area contributed by atoms with Gasteiger partial charge >= 0.3 is 0 Å². The van der Waals surface area contributed by atoms with E-state index in [0.29, 0.717) is 13.0 Å². The molecule has 4 heteroatoms. The molecule has 0 aromatic heterocycles. The smallest absolute Gasteiger partial charge is 0.218 e. The summed E-state index contributed by atoms with van der Waals surface area (Å²) in [6.07, 6.45) is 0.379. The molecule has 0 saturated heterocycles. The average Bonchev–Trinajstić information content (AvgIpc) is 2.15. The largest absolute Gasteiger partial charge is 0.370 e. The van der Waals surface area contributed by atoms with Crippen LogP contribution in [0, 0.1) is 0 Å². The fourth-order valence-electron chi connectivity index (χ4n) is 1.08. The third kappa shape index (κ3) is 3.89. The molecule has 1 amide bonds. The van der Waals surface area contributed by atoms with E-state index in [4.69, 9.17) is 5.73 Å². The summed E-state index contributed by atoms with van der Waals surface area (Å²) in [5, 5.41) is 3.14. The van der Waals surface area contributed by atoms with E-state index >= 15 is 0 Å². The van der Waals surface area contributed by atoms with E-state index in [1.54, 1.807) is 0 Å². The van der Waals surface area contributed by atoms with E-state index < -0.39 is 0 Å². The first-order valence-electron chi connectivity index (χ1n) is 4.42. The lowest BCUT2D eigenvalue weighted by Crippen LogP contribution is -2.21. The highest BCUT2D eigenvalue weighted by molar-refractivity contribution is 9.10. The van der Waals surface area contributed by atoms with Crippen LogP contribution in [0.3, 0.4) is 0 Å². The third-order valence-corrected chi connectivity index (χ3v) is 2.60. The molecule has 0 bridgehead atoms. The molecule has 3 nitrogen and oxygen atoms in total. The number of benzene rings is 1. The highest BCUT2D eigenvalue weighted by Gasteiger charge is 1.98. The summed E-state index contributed by atoms with van der Waals surface area (Å²) in [5.41, 5.74) is 6.19. The van der Waals surface area contributed by atoms with Gasteiger partial charge in [0.1, 0.15) is 0 Å². The number of halogens is 1. The van der Waals surface area contributed by atoms with Gasteiger partial charge in [0.05, 0.1) is 0 Å². The van der Waals surface area contributed by atoms with Crippen molar-refractivity contribution in [1.29, 1.82) is 0 Å². The molecule has 1 aromatic carbocycles. The van der Waals surface area contributed by atoms with Crippen LogP contribution in [0.4, 0.5) is 0 Å². The molecule has 0 atom stereocenters. The van der Waals surface area contributed by atoms with Crippen molar-refractivity contribution in [3.63, 3.8) is 0 Å². The van der Waals surface area contributed by atoms with Crippen molar-refractivity contribution < 1.29 is 4.79 Å². The van der Waals surface area contributed by atoms with Crippen molar-refractivity contribution >= 4 is 21.8 Å². The van der Waals surface area contributed by atoms with Gasteiger partial charge in [-0.15, -0.1) is 0 Å². The van der Waals surface area contributed by atoms with E-state index in [0.717, 1.165) is 11.0 Å². The Hall–Kier alpha value is -0.870. The van der Waals surface area contributed by atoms with Crippen LogP contribution < -0.4 is 11.1 Å². The predicted octanol–water partition coefficient (Wildman–Crippen LogP) is 1.41. The number of rotatable bonds is 5. The van der Waals surface area contributed by atoms with Gasteiger partial charge in [0, 0.05) is 24.0 Å². The van der Waals surface area contributed by atoms with Crippen molar-refractivity contribution in [2.75, 3.05) is 6.54 Å². The van der Waals surface area contributed by atoms with E-state index in [1.165, 1.54) is 5.56 Å². The molecule has 76 valence electrons.